The Bertz CT molecular complexity index is 373. The summed E-state index contributed by atoms with van der Waals surface area (Å²) in [5.74, 6) is -0.648. The zero-order chi connectivity index (χ0) is 12.9. The summed E-state index contributed by atoms with van der Waals surface area (Å²) in [4.78, 5) is 11.3. The van der Waals surface area contributed by atoms with Gasteiger partial charge in [-0.15, -0.1) is 11.8 Å². The molecular formula is C11H11F3O2S. The number of alkyl halides is 3. The third kappa shape index (κ3) is 5.63. The van der Waals surface area contributed by atoms with Crippen LogP contribution in [0.5, 0.6) is 0 Å². The van der Waals surface area contributed by atoms with E-state index in [1.165, 1.54) is 23.9 Å². The number of carbonyl (C=O) groups is 1. The molecular weight excluding hydrogens is 253 g/mol. The van der Waals surface area contributed by atoms with Gasteiger partial charge >= 0.3 is 12.1 Å². The Morgan fingerprint density at radius 3 is 2.29 bits per heavy atom. The van der Waals surface area contributed by atoms with Crippen LogP contribution in [0.2, 0.25) is 0 Å². The minimum atomic E-state index is -4.10. The lowest BCUT2D eigenvalue weighted by atomic mass is 10.2. The zero-order valence-electron chi connectivity index (χ0n) is 8.83. The summed E-state index contributed by atoms with van der Waals surface area (Å²) in [6.45, 7) is 0. The average Bonchev–Trinajstić information content (AvgIpc) is 2.24. The quantitative estimate of drug-likeness (QED) is 0.649. The Labute approximate surface area is 101 Å². The number of thioether (sulfide) groups is 1. The Morgan fingerprint density at radius 2 is 1.82 bits per heavy atom. The predicted molar refractivity (Wildman–Crippen MR) is 59.4 cm³/mol. The maximum atomic E-state index is 11.8. The van der Waals surface area contributed by atoms with E-state index in [9.17, 15) is 18.0 Å². The average molecular weight is 264 g/mol. The Kier molecular flexibility index (Phi) is 4.86. The first-order valence-electron chi connectivity index (χ1n) is 4.91. The van der Waals surface area contributed by atoms with Crippen LogP contribution in [0.15, 0.2) is 29.2 Å². The van der Waals surface area contributed by atoms with Crippen molar-refractivity contribution in [3.8, 4) is 0 Å². The lowest BCUT2D eigenvalue weighted by Gasteiger charge is -2.05. The smallest absolute Gasteiger partial charge is 0.389 e. The molecule has 1 rings (SSSR count). The van der Waals surface area contributed by atoms with Gasteiger partial charge in [-0.05, 0) is 36.4 Å². The Balaban J connectivity index is 2.35. The molecule has 0 heterocycles. The number of halogens is 3. The fraction of sp³-hybridized carbons (Fsp3) is 0.364. The molecule has 0 aromatic heterocycles. The molecule has 0 spiro atoms. The summed E-state index contributed by atoms with van der Waals surface area (Å²) in [6, 6.07) is 6.08. The Morgan fingerprint density at radius 1 is 1.24 bits per heavy atom. The highest BCUT2D eigenvalue weighted by molar-refractivity contribution is 7.99. The molecule has 0 saturated heterocycles. The van der Waals surface area contributed by atoms with Crippen LogP contribution in [0.4, 0.5) is 13.2 Å². The van der Waals surface area contributed by atoms with Crippen LogP contribution in [0, 0.1) is 0 Å². The number of hydrogen-bond acceptors (Lipinski definition) is 2. The van der Waals surface area contributed by atoms with E-state index in [1.807, 2.05) is 0 Å². The van der Waals surface area contributed by atoms with Crippen molar-refractivity contribution >= 4 is 17.7 Å². The van der Waals surface area contributed by atoms with Crippen molar-refractivity contribution in [3.05, 3.63) is 29.8 Å². The van der Waals surface area contributed by atoms with Gasteiger partial charge in [-0.3, -0.25) is 0 Å². The van der Waals surface area contributed by atoms with E-state index in [0.717, 1.165) is 4.90 Å². The third-order valence-corrected chi connectivity index (χ3v) is 3.07. The van der Waals surface area contributed by atoms with Crippen LogP contribution in [0.3, 0.4) is 0 Å². The van der Waals surface area contributed by atoms with Crippen molar-refractivity contribution in [2.24, 2.45) is 0 Å². The van der Waals surface area contributed by atoms with Gasteiger partial charge in [-0.25, -0.2) is 4.79 Å². The first-order valence-corrected chi connectivity index (χ1v) is 5.90. The van der Waals surface area contributed by atoms with E-state index in [-0.39, 0.29) is 12.0 Å². The van der Waals surface area contributed by atoms with Gasteiger partial charge in [0, 0.05) is 11.3 Å². The molecule has 0 radical (unpaired) electrons. The highest BCUT2D eigenvalue weighted by atomic mass is 32.2. The highest BCUT2D eigenvalue weighted by Crippen LogP contribution is 2.25. The van der Waals surface area contributed by atoms with Crippen LogP contribution in [0.1, 0.15) is 23.2 Å². The largest absolute Gasteiger partial charge is 0.478 e. The lowest BCUT2D eigenvalue weighted by molar-refractivity contribution is -0.134. The summed E-state index contributed by atoms with van der Waals surface area (Å²) in [5.41, 5.74) is 0.171. The van der Waals surface area contributed by atoms with Crippen molar-refractivity contribution < 1.29 is 23.1 Å². The molecule has 0 aliphatic rings. The number of rotatable bonds is 5. The summed E-state index contributed by atoms with van der Waals surface area (Å²) in [5, 5.41) is 8.65. The van der Waals surface area contributed by atoms with Gasteiger partial charge in [0.25, 0.3) is 0 Å². The molecule has 2 nitrogen and oxygen atoms in total. The van der Waals surface area contributed by atoms with E-state index < -0.39 is 18.6 Å². The number of carboxylic acids is 1. The van der Waals surface area contributed by atoms with Gasteiger partial charge in [0.05, 0.1) is 5.56 Å². The number of carboxylic acid groups (broad SMARTS) is 1. The van der Waals surface area contributed by atoms with Gasteiger partial charge < -0.3 is 5.11 Å². The molecule has 1 aromatic rings. The molecule has 94 valence electrons. The summed E-state index contributed by atoms with van der Waals surface area (Å²) >= 11 is 1.29. The van der Waals surface area contributed by atoms with Crippen LogP contribution in [-0.4, -0.2) is 23.0 Å². The Hall–Kier alpha value is -1.17. The topological polar surface area (TPSA) is 37.3 Å². The van der Waals surface area contributed by atoms with Gasteiger partial charge in [0.15, 0.2) is 0 Å². The second-order valence-electron chi connectivity index (χ2n) is 3.40. The van der Waals surface area contributed by atoms with Crippen LogP contribution >= 0.6 is 11.8 Å². The third-order valence-electron chi connectivity index (χ3n) is 1.97. The van der Waals surface area contributed by atoms with Crippen molar-refractivity contribution in [3.63, 3.8) is 0 Å². The second-order valence-corrected chi connectivity index (χ2v) is 4.57. The van der Waals surface area contributed by atoms with E-state index in [4.69, 9.17) is 5.11 Å². The summed E-state index contributed by atoms with van der Waals surface area (Å²) in [7, 11) is 0. The van der Waals surface area contributed by atoms with E-state index in [1.54, 1.807) is 12.1 Å². The molecule has 0 aliphatic heterocycles. The number of hydrogen-bond donors (Lipinski definition) is 1. The molecule has 17 heavy (non-hydrogen) atoms. The van der Waals surface area contributed by atoms with Crippen molar-refractivity contribution in [1.29, 1.82) is 0 Å². The fourth-order valence-electron chi connectivity index (χ4n) is 1.16. The minimum Gasteiger partial charge on any atom is -0.478 e. The molecule has 0 saturated carbocycles. The van der Waals surface area contributed by atoms with Gasteiger partial charge in [-0.1, -0.05) is 0 Å². The van der Waals surface area contributed by atoms with Gasteiger partial charge in [-0.2, -0.15) is 13.2 Å². The maximum absolute atomic E-state index is 11.8. The molecule has 0 bridgehead atoms. The molecule has 0 amide bonds. The zero-order valence-corrected chi connectivity index (χ0v) is 9.64. The standard InChI is InChI=1S/C11H11F3O2S/c12-11(13,14)6-1-7-17-9-4-2-8(3-5-9)10(15)16/h2-5H,1,6-7H2,(H,15,16). The van der Waals surface area contributed by atoms with Crippen LogP contribution in [-0.2, 0) is 0 Å². The monoisotopic (exact) mass is 264 g/mol. The van der Waals surface area contributed by atoms with Crippen LogP contribution < -0.4 is 0 Å². The molecule has 0 unspecified atom stereocenters. The summed E-state index contributed by atoms with van der Waals surface area (Å²) in [6.07, 6.45) is -4.82. The highest BCUT2D eigenvalue weighted by Gasteiger charge is 2.25. The van der Waals surface area contributed by atoms with Crippen molar-refractivity contribution in [2.45, 2.75) is 23.9 Å². The predicted octanol–water partition coefficient (Wildman–Crippen LogP) is 3.82. The number of benzene rings is 1. The van der Waals surface area contributed by atoms with Gasteiger partial charge in [0.1, 0.15) is 0 Å². The summed E-state index contributed by atoms with van der Waals surface area (Å²) < 4.78 is 35.5. The fourth-order valence-corrected chi connectivity index (χ4v) is 2.01. The molecule has 1 aromatic carbocycles. The minimum absolute atomic E-state index is 0.0643. The molecule has 6 heteroatoms. The maximum Gasteiger partial charge on any atom is 0.389 e. The van der Waals surface area contributed by atoms with E-state index >= 15 is 0 Å². The van der Waals surface area contributed by atoms with Crippen molar-refractivity contribution in [1.82, 2.24) is 0 Å². The first kappa shape index (κ1) is 13.9. The molecule has 0 atom stereocenters. The second kappa shape index (κ2) is 5.95. The molecule has 0 aliphatic carbocycles. The molecule has 0 fully saturated rings. The van der Waals surface area contributed by atoms with Crippen molar-refractivity contribution in [2.75, 3.05) is 5.75 Å². The van der Waals surface area contributed by atoms with E-state index in [0.29, 0.717) is 5.75 Å². The SMILES string of the molecule is O=C(O)c1ccc(SCCCC(F)(F)F)cc1. The normalized spacial score (nSPS) is 11.5. The van der Waals surface area contributed by atoms with Gasteiger partial charge in [0.2, 0.25) is 0 Å². The molecule has 1 N–H and O–H groups in total. The van der Waals surface area contributed by atoms with Crippen LogP contribution in [0.25, 0.3) is 0 Å². The lowest BCUT2D eigenvalue weighted by Crippen LogP contribution is -2.06. The first-order chi connectivity index (χ1) is 7.88. The number of aromatic carboxylic acids is 1. The van der Waals surface area contributed by atoms with E-state index in [2.05, 4.69) is 0 Å².